The molecule has 0 N–H and O–H groups in total. The van der Waals surface area contributed by atoms with Gasteiger partial charge in [0.15, 0.2) is 0 Å². The van der Waals surface area contributed by atoms with Crippen molar-refractivity contribution in [3.8, 4) is 0 Å². The molecular weight excluding hydrogens is 338 g/mol. The average molecular weight is 359 g/mol. The maximum Gasteiger partial charge on any atom is 0.254 e. The number of nitrogens with zero attached hydrogens (tertiary/aromatic N) is 3. The largest absolute Gasteiger partial charge is 0.340 e. The summed E-state index contributed by atoms with van der Waals surface area (Å²) in [5, 5.41) is 6.53. The van der Waals surface area contributed by atoms with Crippen LogP contribution in [0, 0.1) is 30.6 Å². The van der Waals surface area contributed by atoms with Crippen LogP contribution < -0.4 is 0 Å². The van der Waals surface area contributed by atoms with Crippen LogP contribution in [0.15, 0.2) is 54.2 Å². The van der Waals surface area contributed by atoms with Gasteiger partial charge in [0.25, 0.3) is 11.8 Å². The minimum atomic E-state index is -0.215. The molecule has 1 aromatic heterocycles. The van der Waals surface area contributed by atoms with Gasteiger partial charge in [-0.3, -0.25) is 9.59 Å². The first-order chi connectivity index (χ1) is 13.1. The van der Waals surface area contributed by atoms with Gasteiger partial charge in [0.05, 0.1) is 18.1 Å². The zero-order chi connectivity index (χ0) is 18.7. The van der Waals surface area contributed by atoms with Crippen molar-refractivity contribution in [1.29, 1.82) is 0 Å². The van der Waals surface area contributed by atoms with Crippen LogP contribution >= 0.6 is 0 Å². The lowest BCUT2D eigenvalue weighted by atomic mass is 9.85. The molecule has 0 spiro atoms. The van der Waals surface area contributed by atoms with Crippen LogP contribution in [0.4, 0.5) is 0 Å². The molecule has 2 aromatic rings. The third-order valence-corrected chi connectivity index (χ3v) is 6.34. The lowest BCUT2D eigenvalue weighted by molar-refractivity contribution is -0.140. The first kappa shape index (κ1) is 16.2. The zero-order valence-corrected chi connectivity index (χ0v) is 15.2. The topological polar surface area (TPSA) is 54.7 Å². The number of hydrogen-bond donors (Lipinski definition) is 0. The summed E-state index contributed by atoms with van der Waals surface area (Å²) in [7, 11) is 0. The molecule has 1 aromatic carbocycles. The monoisotopic (exact) mass is 359 g/mol. The van der Waals surface area contributed by atoms with Crippen molar-refractivity contribution in [2.24, 2.45) is 28.8 Å². The Morgan fingerprint density at radius 3 is 2.48 bits per heavy atom. The number of para-hydroxylation sites is 1. The molecule has 2 heterocycles. The Bertz CT molecular complexity index is 1020. The van der Waals surface area contributed by atoms with Crippen molar-refractivity contribution in [3.63, 3.8) is 0 Å². The number of hydrazone groups is 1. The molecule has 2 amide bonds. The highest BCUT2D eigenvalue weighted by Crippen LogP contribution is 2.52. The summed E-state index contributed by atoms with van der Waals surface area (Å²) >= 11 is 0. The number of benzene rings is 1. The molecule has 27 heavy (non-hydrogen) atoms. The Morgan fingerprint density at radius 1 is 1.15 bits per heavy atom. The number of carbonyl (C=O) groups is 2. The zero-order valence-electron chi connectivity index (χ0n) is 15.2. The summed E-state index contributed by atoms with van der Waals surface area (Å²) in [6, 6.07) is 8.08. The fourth-order valence-electron chi connectivity index (χ4n) is 5.10. The van der Waals surface area contributed by atoms with Gasteiger partial charge in [0.2, 0.25) is 0 Å². The molecular formula is C22H21N3O2. The first-order valence-corrected chi connectivity index (χ1v) is 9.40. The fourth-order valence-corrected chi connectivity index (χ4v) is 5.10. The van der Waals surface area contributed by atoms with E-state index in [0.717, 1.165) is 33.6 Å². The van der Waals surface area contributed by atoms with E-state index in [1.807, 2.05) is 31.2 Å². The van der Waals surface area contributed by atoms with Gasteiger partial charge in [-0.15, -0.1) is 6.58 Å². The van der Waals surface area contributed by atoms with E-state index in [2.05, 4.69) is 34.5 Å². The summed E-state index contributed by atoms with van der Waals surface area (Å²) < 4.78 is 2.16. The predicted octanol–water partition coefficient (Wildman–Crippen LogP) is 3.28. The number of fused-ring (bicyclic) bond motifs is 6. The molecule has 5 nitrogen and oxygen atoms in total. The molecule has 1 saturated heterocycles. The first-order valence-electron chi connectivity index (χ1n) is 9.40. The van der Waals surface area contributed by atoms with Gasteiger partial charge in [-0.25, -0.2) is 0 Å². The molecule has 0 unspecified atom stereocenters. The number of amides is 2. The fraction of sp³-hybridized carbons (Fsp3) is 0.318. The molecule has 2 aliphatic carbocycles. The quantitative estimate of drug-likeness (QED) is 0.478. The predicted molar refractivity (Wildman–Crippen MR) is 104 cm³/mol. The Kier molecular flexibility index (Phi) is 3.47. The van der Waals surface area contributed by atoms with E-state index in [1.54, 1.807) is 6.21 Å². The molecule has 1 aliphatic heterocycles. The minimum Gasteiger partial charge on any atom is -0.340 e. The van der Waals surface area contributed by atoms with Crippen LogP contribution in [0.25, 0.3) is 10.9 Å². The molecule has 1 saturated carbocycles. The Balaban J connectivity index is 1.52. The van der Waals surface area contributed by atoms with Crippen LogP contribution in [0.2, 0.25) is 0 Å². The Labute approximate surface area is 157 Å². The van der Waals surface area contributed by atoms with E-state index >= 15 is 0 Å². The van der Waals surface area contributed by atoms with Crippen LogP contribution in [-0.4, -0.2) is 27.6 Å². The smallest absolute Gasteiger partial charge is 0.254 e. The normalized spacial score (nSPS) is 28.9. The lowest BCUT2D eigenvalue weighted by Crippen LogP contribution is -2.28. The number of imide groups is 1. The highest BCUT2D eigenvalue weighted by Gasteiger charge is 2.59. The number of carbonyl (C=O) groups excluding carboxylic acids is 2. The molecule has 5 rings (SSSR count). The highest BCUT2D eigenvalue weighted by molar-refractivity contribution is 6.08. The van der Waals surface area contributed by atoms with E-state index in [-0.39, 0.29) is 35.5 Å². The maximum atomic E-state index is 12.8. The van der Waals surface area contributed by atoms with Gasteiger partial charge in [0.1, 0.15) is 0 Å². The summed E-state index contributed by atoms with van der Waals surface area (Å²) in [4.78, 5) is 25.6. The molecule has 2 bridgehead atoms. The number of allylic oxidation sites excluding steroid dienone is 3. The van der Waals surface area contributed by atoms with Crippen molar-refractivity contribution in [2.75, 3.05) is 0 Å². The molecule has 5 heteroatoms. The van der Waals surface area contributed by atoms with Crippen LogP contribution in [0.3, 0.4) is 0 Å². The van der Waals surface area contributed by atoms with E-state index in [4.69, 9.17) is 0 Å². The number of rotatable bonds is 4. The summed E-state index contributed by atoms with van der Waals surface area (Å²) in [6.45, 7) is 6.56. The van der Waals surface area contributed by atoms with E-state index < -0.39 is 0 Å². The third kappa shape index (κ3) is 2.14. The van der Waals surface area contributed by atoms with E-state index in [1.165, 1.54) is 0 Å². The van der Waals surface area contributed by atoms with Crippen LogP contribution in [-0.2, 0) is 16.1 Å². The van der Waals surface area contributed by atoms with Crippen molar-refractivity contribution in [1.82, 2.24) is 9.58 Å². The standard InChI is InChI=1S/C22H21N3O2/c1-3-10-24-13(2)17(16-6-4-5-7-18(16)24)12-23-25-21(26)19-14-8-9-15(11-14)20(19)22(25)27/h3-9,12,14-15,19-20H,1,10-11H2,2H3/b23-12-/t14-,15-,19-,20+/m0/s1. The van der Waals surface area contributed by atoms with Gasteiger partial charge in [0, 0.05) is 28.7 Å². The van der Waals surface area contributed by atoms with E-state index in [9.17, 15) is 9.59 Å². The molecule has 0 radical (unpaired) electrons. The van der Waals surface area contributed by atoms with Gasteiger partial charge >= 0.3 is 0 Å². The van der Waals surface area contributed by atoms with Crippen molar-refractivity contribution in [2.45, 2.75) is 19.9 Å². The third-order valence-electron chi connectivity index (χ3n) is 6.34. The maximum absolute atomic E-state index is 12.8. The van der Waals surface area contributed by atoms with Gasteiger partial charge in [-0.05, 0) is 31.2 Å². The van der Waals surface area contributed by atoms with Gasteiger partial charge in [-0.2, -0.15) is 10.1 Å². The summed E-state index contributed by atoms with van der Waals surface area (Å²) in [5.74, 6) is -0.322. The van der Waals surface area contributed by atoms with Crippen molar-refractivity contribution >= 4 is 28.9 Å². The second kappa shape index (κ2) is 5.78. The molecule has 136 valence electrons. The summed E-state index contributed by atoms with van der Waals surface area (Å²) in [5.41, 5.74) is 3.07. The summed E-state index contributed by atoms with van der Waals surface area (Å²) in [6.07, 6.45) is 8.65. The number of aromatic nitrogens is 1. The molecule has 3 aliphatic rings. The molecule has 4 atom stereocenters. The van der Waals surface area contributed by atoms with E-state index in [0.29, 0.717) is 6.54 Å². The highest BCUT2D eigenvalue weighted by atomic mass is 16.2. The van der Waals surface area contributed by atoms with Crippen LogP contribution in [0.5, 0.6) is 0 Å². The van der Waals surface area contributed by atoms with Crippen molar-refractivity contribution < 1.29 is 9.59 Å². The molecule has 2 fully saturated rings. The van der Waals surface area contributed by atoms with Crippen LogP contribution in [0.1, 0.15) is 17.7 Å². The van der Waals surface area contributed by atoms with Gasteiger partial charge in [-0.1, -0.05) is 36.4 Å². The SMILES string of the molecule is C=CCn1c(C)c(/C=N\N2C(=O)[C@@H]3[C@H](C2=O)[C@H]2C=C[C@H]3C2)c2ccccc21. The Morgan fingerprint density at radius 2 is 1.81 bits per heavy atom. The average Bonchev–Trinajstić information content (AvgIpc) is 3.40. The lowest BCUT2D eigenvalue weighted by Gasteiger charge is -2.13. The Hall–Kier alpha value is -2.95. The minimum absolute atomic E-state index is 0.148. The van der Waals surface area contributed by atoms with Crippen molar-refractivity contribution in [3.05, 3.63) is 60.3 Å². The second-order valence-corrected chi connectivity index (χ2v) is 7.65. The van der Waals surface area contributed by atoms with Gasteiger partial charge < -0.3 is 4.57 Å². The number of hydrogen-bond acceptors (Lipinski definition) is 3. The second-order valence-electron chi connectivity index (χ2n) is 7.65.